The van der Waals surface area contributed by atoms with Crippen molar-refractivity contribution in [2.45, 2.75) is 23.4 Å². The molecule has 1 N–H and O–H groups in total. The van der Waals surface area contributed by atoms with E-state index < -0.39 is 0 Å². The third-order valence-electron chi connectivity index (χ3n) is 5.00. The minimum Gasteiger partial charge on any atom is -0.371 e. The van der Waals surface area contributed by atoms with Gasteiger partial charge in [0.15, 0.2) is 5.16 Å². The Morgan fingerprint density at radius 1 is 1.21 bits per heavy atom. The van der Waals surface area contributed by atoms with Gasteiger partial charge in [-0.25, -0.2) is 4.68 Å². The molecule has 1 aromatic heterocycles. The van der Waals surface area contributed by atoms with Crippen molar-refractivity contribution in [1.82, 2.24) is 14.8 Å². The summed E-state index contributed by atoms with van der Waals surface area (Å²) in [6, 6.07) is 16.3. The molecule has 0 radical (unpaired) electrons. The van der Waals surface area contributed by atoms with E-state index in [1.54, 1.807) is 4.68 Å². The van der Waals surface area contributed by atoms with Crippen molar-refractivity contribution >= 4 is 45.0 Å². The summed E-state index contributed by atoms with van der Waals surface area (Å²) in [5.74, 6) is 0.0325. The molecule has 2 aromatic carbocycles. The van der Waals surface area contributed by atoms with Crippen LogP contribution in [-0.2, 0) is 11.8 Å². The molecule has 1 atom stereocenters. The molecule has 150 valence electrons. The first-order chi connectivity index (χ1) is 14.0. The fourth-order valence-corrected chi connectivity index (χ4v) is 4.79. The first kappa shape index (κ1) is 20.0. The molecule has 4 rings (SSSR count). The summed E-state index contributed by atoms with van der Waals surface area (Å²) in [5.41, 5.74) is 3.22. The molecule has 0 unspecified atom stereocenters. The van der Waals surface area contributed by atoms with Crippen LogP contribution in [0.5, 0.6) is 0 Å². The number of carbonyl (C=O) groups is 1. The molecule has 0 aliphatic carbocycles. The average Bonchev–Trinajstić information content (AvgIpc) is 3.31. The van der Waals surface area contributed by atoms with Crippen molar-refractivity contribution in [2.24, 2.45) is 13.0 Å². The highest BCUT2D eigenvalue weighted by atomic mass is 79.9. The summed E-state index contributed by atoms with van der Waals surface area (Å²) in [4.78, 5) is 20.5. The van der Waals surface area contributed by atoms with Gasteiger partial charge < -0.3 is 10.2 Å². The number of rotatable bonds is 5. The minimum absolute atomic E-state index is 0.0293. The Morgan fingerprint density at radius 2 is 1.97 bits per heavy atom. The van der Waals surface area contributed by atoms with Crippen LogP contribution in [0.3, 0.4) is 0 Å². The number of aromatic nitrogens is 3. The highest BCUT2D eigenvalue weighted by Gasteiger charge is 2.29. The average molecular weight is 472 g/mol. The number of nitrogens with one attached hydrogen (secondary N) is 1. The van der Waals surface area contributed by atoms with E-state index in [-0.39, 0.29) is 11.8 Å². The van der Waals surface area contributed by atoms with E-state index in [0.29, 0.717) is 4.73 Å². The van der Waals surface area contributed by atoms with Gasteiger partial charge in [0.05, 0.1) is 11.6 Å². The third kappa shape index (κ3) is 4.64. The molecule has 3 aromatic rings. The van der Waals surface area contributed by atoms with Crippen LogP contribution in [0.15, 0.2) is 63.3 Å². The van der Waals surface area contributed by atoms with Gasteiger partial charge in [-0.1, -0.05) is 29.8 Å². The highest BCUT2D eigenvalue weighted by molar-refractivity contribution is 9.10. The Kier molecular flexibility index (Phi) is 5.91. The molecule has 1 saturated heterocycles. The Morgan fingerprint density at radius 3 is 2.69 bits per heavy atom. The number of amides is 1. The molecule has 29 heavy (non-hydrogen) atoms. The molecule has 1 amide bonds. The Balaban J connectivity index is 1.44. The number of hydrogen-bond donors (Lipinski definition) is 1. The lowest BCUT2D eigenvalue weighted by Gasteiger charge is -2.19. The molecule has 0 saturated carbocycles. The molecule has 0 spiro atoms. The van der Waals surface area contributed by atoms with E-state index in [4.69, 9.17) is 0 Å². The fraction of sp³-hybridized carbons (Fsp3) is 0.286. The van der Waals surface area contributed by atoms with Crippen molar-refractivity contribution in [3.8, 4) is 0 Å². The number of para-hydroxylation sites is 1. The summed E-state index contributed by atoms with van der Waals surface area (Å²) in [6.07, 6.45) is 0.852. The van der Waals surface area contributed by atoms with Gasteiger partial charge in [-0.05, 0) is 65.3 Å². The second-order valence-electron chi connectivity index (χ2n) is 7.14. The molecule has 6 nitrogen and oxygen atoms in total. The summed E-state index contributed by atoms with van der Waals surface area (Å²) in [7, 11) is 1.85. The number of anilines is 2. The van der Waals surface area contributed by atoms with Crippen LogP contribution < -0.4 is 10.2 Å². The Hall–Kier alpha value is -2.32. The van der Waals surface area contributed by atoms with Crippen molar-refractivity contribution in [3.05, 3.63) is 58.8 Å². The zero-order valence-electron chi connectivity index (χ0n) is 16.3. The first-order valence-corrected chi connectivity index (χ1v) is 11.1. The molecule has 1 aliphatic rings. The van der Waals surface area contributed by atoms with Gasteiger partial charge in [0, 0.05) is 30.7 Å². The van der Waals surface area contributed by atoms with Crippen LogP contribution >= 0.6 is 27.7 Å². The predicted molar refractivity (Wildman–Crippen MR) is 119 cm³/mol. The molecule has 2 heterocycles. The second-order valence-corrected chi connectivity index (χ2v) is 8.86. The molecule has 8 heteroatoms. The minimum atomic E-state index is -0.0293. The summed E-state index contributed by atoms with van der Waals surface area (Å²) in [5, 5.41) is 8.09. The van der Waals surface area contributed by atoms with Crippen molar-refractivity contribution in [1.29, 1.82) is 0 Å². The van der Waals surface area contributed by atoms with Gasteiger partial charge in [0.2, 0.25) is 10.6 Å². The van der Waals surface area contributed by atoms with E-state index in [9.17, 15) is 4.79 Å². The normalized spacial score (nSPS) is 16.2. The molecule has 0 bridgehead atoms. The Bertz CT molecular complexity index is 1020. The SMILES string of the molecule is Cc1ccc(N2CC[C@@H](C(=O)Nc3ccccc3Sc3nc(Br)nn3C)C2)cc1. The van der Waals surface area contributed by atoms with Crippen molar-refractivity contribution < 1.29 is 4.79 Å². The standard InChI is InChI=1S/C21H22BrN5OS/c1-14-7-9-16(10-8-14)27-12-11-15(13-27)19(28)23-17-5-3-4-6-18(17)29-21-24-20(22)25-26(21)2/h3-10,15H,11-13H2,1-2H3,(H,23,28)/t15-/m1/s1. The highest BCUT2D eigenvalue weighted by Crippen LogP contribution is 2.33. The summed E-state index contributed by atoms with van der Waals surface area (Å²) in [6.45, 7) is 3.71. The number of benzene rings is 2. The van der Waals surface area contributed by atoms with Crippen LogP contribution in [0.4, 0.5) is 11.4 Å². The summed E-state index contributed by atoms with van der Waals surface area (Å²) >= 11 is 4.78. The molecular weight excluding hydrogens is 450 g/mol. The van der Waals surface area contributed by atoms with Gasteiger partial charge in [-0.2, -0.15) is 4.98 Å². The lowest BCUT2D eigenvalue weighted by molar-refractivity contribution is -0.119. The van der Waals surface area contributed by atoms with Crippen LogP contribution in [0.25, 0.3) is 0 Å². The van der Waals surface area contributed by atoms with Gasteiger partial charge >= 0.3 is 0 Å². The number of halogens is 1. The lowest BCUT2D eigenvalue weighted by atomic mass is 10.1. The first-order valence-electron chi connectivity index (χ1n) is 9.45. The molecule has 1 fully saturated rings. The summed E-state index contributed by atoms with van der Waals surface area (Å²) < 4.78 is 2.26. The van der Waals surface area contributed by atoms with Gasteiger partial charge in [-0.3, -0.25) is 4.79 Å². The monoisotopic (exact) mass is 471 g/mol. The van der Waals surface area contributed by atoms with E-state index in [1.807, 2.05) is 31.3 Å². The van der Waals surface area contributed by atoms with E-state index in [2.05, 4.69) is 67.4 Å². The van der Waals surface area contributed by atoms with E-state index in [0.717, 1.165) is 35.2 Å². The maximum Gasteiger partial charge on any atom is 0.229 e. The lowest BCUT2D eigenvalue weighted by Crippen LogP contribution is -2.27. The predicted octanol–water partition coefficient (Wildman–Crippen LogP) is 4.50. The molecule has 1 aliphatic heterocycles. The Labute approximate surface area is 182 Å². The van der Waals surface area contributed by atoms with Gasteiger partial charge in [0.25, 0.3) is 0 Å². The second kappa shape index (κ2) is 8.59. The third-order valence-corrected chi connectivity index (χ3v) is 6.45. The van der Waals surface area contributed by atoms with Crippen LogP contribution in [0.2, 0.25) is 0 Å². The largest absolute Gasteiger partial charge is 0.371 e. The zero-order valence-corrected chi connectivity index (χ0v) is 18.7. The fourth-order valence-electron chi connectivity index (χ4n) is 3.39. The quantitative estimate of drug-likeness (QED) is 0.593. The number of carbonyl (C=O) groups excluding carboxylic acids is 1. The smallest absolute Gasteiger partial charge is 0.229 e. The van der Waals surface area contributed by atoms with Gasteiger partial charge in [0.1, 0.15) is 0 Å². The van der Waals surface area contributed by atoms with Crippen LogP contribution in [0.1, 0.15) is 12.0 Å². The van der Waals surface area contributed by atoms with Crippen molar-refractivity contribution in [2.75, 3.05) is 23.3 Å². The number of hydrogen-bond acceptors (Lipinski definition) is 5. The van der Waals surface area contributed by atoms with Gasteiger partial charge in [-0.15, -0.1) is 5.10 Å². The van der Waals surface area contributed by atoms with Crippen LogP contribution in [0, 0.1) is 12.8 Å². The topological polar surface area (TPSA) is 63.1 Å². The number of aryl methyl sites for hydroxylation is 2. The van der Waals surface area contributed by atoms with Crippen molar-refractivity contribution in [3.63, 3.8) is 0 Å². The maximum atomic E-state index is 12.9. The van der Waals surface area contributed by atoms with E-state index >= 15 is 0 Å². The van der Waals surface area contributed by atoms with Crippen LogP contribution in [-0.4, -0.2) is 33.8 Å². The molecular formula is C21H22BrN5OS. The van der Waals surface area contributed by atoms with E-state index in [1.165, 1.54) is 23.0 Å². The zero-order chi connectivity index (χ0) is 20.4. The maximum absolute atomic E-state index is 12.9. The number of nitrogens with zero attached hydrogens (tertiary/aromatic N) is 4.